The van der Waals surface area contributed by atoms with Crippen LogP contribution in [0.2, 0.25) is 0 Å². The van der Waals surface area contributed by atoms with Crippen LogP contribution in [-0.4, -0.2) is 53.7 Å². The number of nitrogens with two attached hydrogens (primary N) is 1. The lowest BCUT2D eigenvalue weighted by atomic mass is 10.0. The van der Waals surface area contributed by atoms with Crippen LogP contribution in [-0.2, 0) is 14.3 Å². The van der Waals surface area contributed by atoms with E-state index in [1.165, 1.54) is 0 Å². The average molecular weight is 272 g/mol. The van der Waals surface area contributed by atoms with E-state index in [9.17, 15) is 14.7 Å². The van der Waals surface area contributed by atoms with Crippen molar-refractivity contribution in [2.75, 3.05) is 19.8 Å². The molecule has 6 nitrogen and oxygen atoms in total. The minimum Gasteiger partial charge on any atom is -0.481 e. The molecule has 0 bridgehead atoms. The third kappa shape index (κ3) is 3.91. The van der Waals surface area contributed by atoms with Crippen molar-refractivity contribution < 1.29 is 19.4 Å². The van der Waals surface area contributed by atoms with E-state index in [4.69, 9.17) is 10.5 Å². The first-order valence-electron chi connectivity index (χ1n) is 6.89. The molecule has 0 aromatic rings. The van der Waals surface area contributed by atoms with Gasteiger partial charge in [-0.3, -0.25) is 9.59 Å². The fourth-order valence-electron chi connectivity index (χ4n) is 2.41. The summed E-state index contributed by atoms with van der Waals surface area (Å²) < 4.78 is 5.23. The first kappa shape index (κ1) is 15.9. The largest absolute Gasteiger partial charge is 0.481 e. The third-order valence-corrected chi connectivity index (χ3v) is 3.43. The Morgan fingerprint density at radius 3 is 2.58 bits per heavy atom. The van der Waals surface area contributed by atoms with E-state index >= 15 is 0 Å². The van der Waals surface area contributed by atoms with Gasteiger partial charge in [0.25, 0.3) is 0 Å². The fraction of sp³-hybridized carbons (Fsp3) is 0.846. The van der Waals surface area contributed by atoms with Crippen molar-refractivity contribution in [1.29, 1.82) is 0 Å². The van der Waals surface area contributed by atoms with Gasteiger partial charge < -0.3 is 20.5 Å². The number of carbonyl (C=O) groups excluding carboxylic acids is 1. The Morgan fingerprint density at radius 1 is 1.37 bits per heavy atom. The number of hydrogen-bond donors (Lipinski definition) is 2. The zero-order chi connectivity index (χ0) is 14.4. The summed E-state index contributed by atoms with van der Waals surface area (Å²) in [7, 11) is 0. The zero-order valence-corrected chi connectivity index (χ0v) is 11.7. The number of nitrogens with zero attached hydrogens (tertiary/aromatic N) is 1. The highest BCUT2D eigenvalue weighted by molar-refractivity contribution is 5.83. The van der Waals surface area contributed by atoms with Crippen molar-refractivity contribution in [2.45, 2.75) is 45.2 Å². The topological polar surface area (TPSA) is 92.9 Å². The second kappa shape index (κ2) is 7.45. The number of ether oxygens (including phenoxy) is 1. The first-order chi connectivity index (χ1) is 9.02. The summed E-state index contributed by atoms with van der Waals surface area (Å²) in [5, 5.41) is 9.18. The Kier molecular flexibility index (Phi) is 6.24. The number of carboxylic acids is 1. The van der Waals surface area contributed by atoms with Gasteiger partial charge in [0.2, 0.25) is 5.91 Å². The summed E-state index contributed by atoms with van der Waals surface area (Å²) in [5.41, 5.74) is 5.87. The maximum Gasteiger partial charge on any atom is 0.311 e. The molecule has 0 spiro atoms. The van der Waals surface area contributed by atoms with Crippen molar-refractivity contribution in [2.24, 2.45) is 11.7 Å². The molecule has 1 rings (SSSR count). The standard InChI is InChI=1S/C13H24N2O4/c1-3-5-10(14)12(16)15(6-4-2)11-8-19-7-9(11)13(17)18/h9-11H,3-8,14H2,1-2H3,(H,17,18)/t9?,10-,11?/m1/s1. The molecule has 19 heavy (non-hydrogen) atoms. The Hall–Kier alpha value is -1.14. The van der Waals surface area contributed by atoms with Crippen molar-refractivity contribution in [3.05, 3.63) is 0 Å². The van der Waals surface area contributed by atoms with Crippen LogP contribution in [0.15, 0.2) is 0 Å². The van der Waals surface area contributed by atoms with E-state index in [0.29, 0.717) is 13.0 Å². The summed E-state index contributed by atoms with van der Waals surface area (Å²) in [4.78, 5) is 25.1. The SMILES string of the molecule is CCC[C@@H](N)C(=O)N(CCC)C1COCC1C(=O)O. The highest BCUT2D eigenvalue weighted by atomic mass is 16.5. The van der Waals surface area contributed by atoms with Crippen LogP contribution in [0.3, 0.4) is 0 Å². The Morgan fingerprint density at radius 2 is 2.05 bits per heavy atom. The summed E-state index contributed by atoms with van der Waals surface area (Å²) in [6.45, 7) is 4.89. The Balaban J connectivity index is 2.81. The number of carbonyl (C=O) groups is 2. The number of rotatable bonds is 7. The molecule has 0 aromatic heterocycles. The number of aliphatic carboxylic acids is 1. The predicted octanol–water partition coefficient (Wildman–Crippen LogP) is 0.452. The van der Waals surface area contributed by atoms with Crippen LogP contribution in [0.25, 0.3) is 0 Å². The molecule has 3 N–H and O–H groups in total. The summed E-state index contributed by atoms with van der Waals surface area (Å²) in [6.07, 6.45) is 2.22. The van der Waals surface area contributed by atoms with Gasteiger partial charge in [0.05, 0.1) is 25.3 Å². The van der Waals surface area contributed by atoms with E-state index in [1.807, 2.05) is 13.8 Å². The van der Waals surface area contributed by atoms with Crippen molar-refractivity contribution in [1.82, 2.24) is 4.90 Å². The second-order valence-electron chi connectivity index (χ2n) is 4.98. The highest BCUT2D eigenvalue weighted by Crippen LogP contribution is 2.21. The molecular formula is C13H24N2O4. The van der Waals surface area contributed by atoms with E-state index in [0.717, 1.165) is 12.8 Å². The first-order valence-corrected chi connectivity index (χ1v) is 6.89. The van der Waals surface area contributed by atoms with E-state index < -0.39 is 24.0 Å². The molecule has 6 heteroatoms. The van der Waals surface area contributed by atoms with E-state index in [2.05, 4.69) is 0 Å². The quantitative estimate of drug-likeness (QED) is 0.702. The van der Waals surface area contributed by atoms with Gasteiger partial charge in [-0.1, -0.05) is 20.3 Å². The fourth-order valence-corrected chi connectivity index (χ4v) is 2.41. The van der Waals surface area contributed by atoms with E-state index in [1.54, 1.807) is 4.90 Å². The zero-order valence-electron chi connectivity index (χ0n) is 11.7. The van der Waals surface area contributed by atoms with Crippen LogP contribution in [0, 0.1) is 5.92 Å². The van der Waals surface area contributed by atoms with Gasteiger partial charge in [-0.15, -0.1) is 0 Å². The van der Waals surface area contributed by atoms with Gasteiger partial charge in [-0.2, -0.15) is 0 Å². The molecule has 110 valence electrons. The van der Waals surface area contributed by atoms with Crippen molar-refractivity contribution in [3.8, 4) is 0 Å². The molecule has 3 atom stereocenters. The van der Waals surface area contributed by atoms with Gasteiger partial charge in [0, 0.05) is 6.54 Å². The molecule has 0 radical (unpaired) electrons. The summed E-state index contributed by atoms with van der Waals surface area (Å²) >= 11 is 0. The van der Waals surface area contributed by atoms with E-state index in [-0.39, 0.29) is 19.1 Å². The smallest absolute Gasteiger partial charge is 0.311 e. The number of hydrogen-bond acceptors (Lipinski definition) is 4. The summed E-state index contributed by atoms with van der Waals surface area (Å²) in [5.74, 6) is -1.73. The molecule has 0 saturated carbocycles. The molecule has 1 saturated heterocycles. The van der Waals surface area contributed by atoms with Crippen molar-refractivity contribution in [3.63, 3.8) is 0 Å². The molecule has 2 unspecified atom stereocenters. The van der Waals surface area contributed by atoms with Gasteiger partial charge in [0.1, 0.15) is 5.92 Å². The van der Waals surface area contributed by atoms with Crippen LogP contribution in [0.5, 0.6) is 0 Å². The lowest BCUT2D eigenvalue weighted by molar-refractivity contribution is -0.145. The molecule has 1 aliphatic rings. The molecule has 1 heterocycles. The third-order valence-electron chi connectivity index (χ3n) is 3.43. The highest BCUT2D eigenvalue weighted by Gasteiger charge is 2.40. The number of amides is 1. The maximum atomic E-state index is 12.3. The summed E-state index contributed by atoms with van der Waals surface area (Å²) in [6, 6.07) is -0.945. The second-order valence-corrected chi connectivity index (χ2v) is 4.98. The molecule has 0 aliphatic carbocycles. The number of carboxylic acid groups (broad SMARTS) is 1. The maximum absolute atomic E-state index is 12.3. The van der Waals surface area contributed by atoms with Crippen LogP contribution >= 0.6 is 0 Å². The molecule has 0 aromatic carbocycles. The molecule has 1 fully saturated rings. The normalized spacial score (nSPS) is 24.2. The minimum atomic E-state index is -0.916. The monoisotopic (exact) mass is 272 g/mol. The van der Waals surface area contributed by atoms with Gasteiger partial charge >= 0.3 is 5.97 Å². The molecule has 1 aliphatic heterocycles. The lowest BCUT2D eigenvalue weighted by Crippen LogP contribution is -2.52. The molecule has 1 amide bonds. The predicted molar refractivity (Wildman–Crippen MR) is 70.6 cm³/mol. The lowest BCUT2D eigenvalue weighted by Gasteiger charge is -2.32. The molecular weight excluding hydrogens is 248 g/mol. The Bertz CT molecular complexity index is 322. The minimum absolute atomic E-state index is 0.162. The Labute approximate surface area is 113 Å². The average Bonchev–Trinajstić information content (AvgIpc) is 2.84. The van der Waals surface area contributed by atoms with Gasteiger partial charge in [-0.05, 0) is 12.8 Å². The van der Waals surface area contributed by atoms with Crippen molar-refractivity contribution >= 4 is 11.9 Å². The van der Waals surface area contributed by atoms with Crippen LogP contribution in [0.1, 0.15) is 33.1 Å². The van der Waals surface area contributed by atoms with Gasteiger partial charge in [0.15, 0.2) is 0 Å². The van der Waals surface area contributed by atoms with Gasteiger partial charge in [-0.25, -0.2) is 0 Å². The van der Waals surface area contributed by atoms with Crippen LogP contribution in [0.4, 0.5) is 0 Å². The van der Waals surface area contributed by atoms with Crippen LogP contribution < -0.4 is 5.73 Å².